The third-order valence-electron chi connectivity index (χ3n) is 13.8. The Morgan fingerprint density at radius 3 is 2.26 bits per heavy atom. The average molecular weight is 473 g/mol. The number of hydrogen-bond donors (Lipinski definition) is 1. The molecule has 0 bridgehead atoms. The molecule has 9 atom stereocenters. The molecule has 0 heterocycles. The van der Waals surface area contributed by atoms with E-state index in [0.717, 1.165) is 36.7 Å². The first kappa shape index (κ1) is 25.6. The summed E-state index contributed by atoms with van der Waals surface area (Å²) in [6, 6.07) is 0. The minimum atomic E-state index is -0.0915. The fourth-order valence-electron chi connectivity index (χ4n) is 11.8. The molecule has 5 aliphatic rings. The van der Waals surface area contributed by atoms with Crippen molar-refractivity contribution < 1.29 is 9.84 Å². The molecular formula is C32H56O2. The summed E-state index contributed by atoms with van der Waals surface area (Å²) in [5, 5.41) is 10.9. The second kappa shape index (κ2) is 7.96. The second-order valence-electron chi connectivity index (χ2n) is 15.6. The van der Waals surface area contributed by atoms with Crippen LogP contribution in [0.3, 0.4) is 0 Å². The van der Waals surface area contributed by atoms with Crippen LogP contribution in [0.4, 0.5) is 0 Å². The summed E-state index contributed by atoms with van der Waals surface area (Å²) in [7, 11) is 0. The molecule has 5 saturated carbocycles. The van der Waals surface area contributed by atoms with Crippen LogP contribution in [-0.2, 0) is 4.74 Å². The van der Waals surface area contributed by atoms with Gasteiger partial charge < -0.3 is 9.84 Å². The molecule has 5 fully saturated rings. The summed E-state index contributed by atoms with van der Waals surface area (Å²) < 4.78 is 5.98. The Kier molecular flexibility index (Phi) is 5.98. The molecule has 0 saturated heterocycles. The standard InChI is InChI=1S/C32H56O2/c1-9-34-27(3,4)16-10-11-22(2)23-14-17-30(8)25-13-12-24-28(5,6)26(33)15-18-31(24)21-32(25,31)20-19-29(23,30)7/h22-26,33H,9-21H2,1-8H3/t22-,23-,24+,25+,26+,29-,30+,31-,32+/m1/s1. The lowest BCUT2D eigenvalue weighted by atomic mass is 9.41. The number of rotatable bonds is 7. The van der Waals surface area contributed by atoms with Gasteiger partial charge in [0.25, 0.3) is 0 Å². The number of hydrogen-bond acceptors (Lipinski definition) is 2. The molecule has 196 valence electrons. The predicted octanol–water partition coefficient (Wildman–Crippen LogP) is 8.41. The van der Waals surface area contributed by atoms with Crippen molar-refractivity contribution >= 4 is 0 Å². The van der Waals surface area contributed by atoms with Crippen LogP contribution in [0, 0.1) is 50.7 Å². The summed E-state index contributed by atoms with van der Waals surface area (Å²) >= 11 is 0. The molecule has 0 aromatic carbocycles. The molecule has 0 aromatic heterocycles. The van der Waals surface area contributed by atoms with Crippen molar-refractivity contribution in [3.63, 3.8) is 0 Å². The van der Waals surface area contributed by atoms with Crippen molar-refractivity contribution in [2.24, 2.45) is 50.7 Å². The van der Waals surface area contributed by atoms with Gasteiger partial charge in [-0.15, -0.1) is 0 Å². The van der Waals surface area contributed by atoms with E-state index in [9.17, 15) is 5.11 Å². The molecule has 0 aromatic rings. The largest absolute Gasteiger partial charge is 0.393 e. The van der Waals surface area contributed by atoms with Crippen LogP contribution in [0.2, 0.25) is 0 Å². The normalized spacial score (nSPS) is 50.0. The highest BCUT2D eigenvalue weighted by Gasteiger charge is 2.82. The molecular weight excluding hydrogens is 416 g/mol. The Morgan fingerprint density at radius 1 is 0.882 bits per heavy atom. The molecule has 0 amide bonds. The smallest absolute Gasteiger partial charge is 0.0626 e. The van der Waals surface area contributed by atoms with E-state index in [-0.39, 0.29) is 17.1 Å². The van der Waals surface area contributed by atoms with E-state index < -0.39 is 0 Å². The zero-order valence-electron chi connectivity index (χ0n) is 23.9. The SMILES string of the molecule is CCOC(C)(C)CCC[C@@H](C)[C@H]1CC[C@@]2(C)[C@@H]3CC[C@H]4C(C)(C)[C@@H](O)CC[C@@]45C[C@@]35CC[C@]12C. The first-order valence-corrected chi connectivity index (χ1v) is 15.1. The van der Waals surface area contributed by atoms with Gasteiger partial charge in [-0.1, -0.05) is 47.5 Å². The third-order valence-corrected chi connectivity index (χ3v) is 13.8. The van der Waals surface area contributed by atoms with Crippen LogP contribution >= 0.6 is 0 Å². The van der Waals surface area contributed by atoms with E-state index in [1.54, 1.807) is 0 Å². The zero-order chi connectivity index (χ0) is 24.8. The molecule has 0 aliphatic heterocycles. The van der Waals surface area contributed by atoms with Crippen LogP contribution < -0.4 is 0 Å². The van der Waals surface area contributed by atoms with Crippen molar-refractivity contribution in [2.45, 2.75) is 144 Å². The monoisotopic (exact) mass is 472 g/mol. The van der Waals surface area contributed by atoms with Gasteiger partial charge in [-0.2, -0.15) is 0 Å². The lowest BCUT2D eigenvalue weighted by molar-refractivity contribution is -0.161. The van der Waals surface area contributed by atoms with Gasteiger partial charge in [0.05, 0.1) is 11.7 Å². The van der Waals surface area contributed by atoms with Gasteiger partial charge in [-0.3, -0.25) is 0 Å². The number of aliphatic hydroxyl groups excluding tert-OH is 1. The summed E-state index contributed by atoms with van der Waals surface area (Å²) in [5.41, 5.74) is 2.34. The van der Waals surface area contributed by atoms with E-state index in [4.69, 9.17) is 4.74 Å². The van der Waals surface area contributed by atoms with Gasteiger partial charge in [-0.05, 0) is 136 Å². The highest BCUT2D eigenvalue weighted by Crippen LogP contribution is 2.89. The first-order chi connectivity index (χ1) is 15.8. The maximum Gasteiger partial charge on any atom is 0.0626 e. The fraction of sp³-hybridized carbons (Fsp3) is 1.00. The fourth-order valence-corrected chi connectivity index (χ4v) is 11.8. The van der Waals surface area contributed by atoms with E-state index in [1.807, 2.05) is 0 Å². The molecule has 5 rings (SSSR count). The Balaban J connectivity index is 1.32. The highest BCUT2D eigenvalue weighted by atomic mass is 16.5. The van der Waals surface area contributed by atoms with Crippen LogP contribution in [0.5, 0.6) is 0 Å². The summed E-state index contributed by atoms with van der Waals surface area (Å²) in [5.74, 6) is 3.39. The Morgan fingerprint density at radius 2 is 1.56 bits per heavy atom. The van der Waals surface area contributed by atoms with Crippen LogP contribution in [-0.4, -0.2) is 23.4 Å². The number of ether oxygens (including phenoxy) is 1. The van der Waals surface area contributed by atoms with Crippen molar-refractivity contribution in [1.29, 1.82) is 0 Å². The minimum absolute atomic E-state index is 0.0278. The molecule has 2 nitrogen and oxygen atoms in total. The topological polar surface area (TPSA) is 29.5 Å². The van der Waals surface area contributed by atoms with Gasteiger partial charge in [0.15, 0.2) is 0 Å². The van der Waals surface area contributed by atoms with Gasteiger partial charge in [0.1, 0.15) is 0 Å². The van der Waals surface area contributed by atoms with Crippen molar-refractivity contribution in [3.8, 4) is 0 Å². The third kappa shape index (κ3) is 3.25. The van der Waals surface area contributed by atoms with Crippen LogP contribution in [0.25, 0.3) is 0 Å². The summed E-state index contributed by atoms with van der Waals surface area (Å²) in [6.45, 7) is 20.3. The maximum atomic E-state index is 10.9. The Bertz CT molecular complexity index is 786. The van der Waals surface area contributed by atoms with Gasteiger partial charge in [-0.25, -0.2) is 0 Å². The summed E-state index contributed by atoms with van der Waals surface area (Å²) in [6.07, 6.45) is 16.2. The Hall–Kier alpha value is -0.0800. The number of aliphatic hydroxyl groups is 1. The number of fused-ring (bicyclic) bond motifs is 2. The quantitative estimate of drug-likeness (QED) is 0.403. The molecule has 34 heavy (non-hydrogen) atoms. The van der Waals surface area contributed by atoms with Crippen molar-refractivity contribution in [2.75, 3.05) is 6.61 Å². The average Bonchev–Trinajstić information content (AvgIpc) is 3.33. The van der Waals surface area contributed by atoms with Gasteiger partial charge in [0.2, 0.25) is 0 Å². The van der Waals surface area contributed by atoms with Gasteiger partial charge in [0, 0.05) is 6.61 Å². The zero-order valence-corrected chi connectivity index (χ0v) is 23.9. The summed E-state index contributed by atoms with van der Waals surface area (Å²) in [4.78, 5) is 0. The van der Waals surface area contributed by atoms with E-state index >= 15 is 0 Å². The van der Waals surface area contributed by atoms with Crippen LogP contribution in [0.15, 0.2) is 0 Å². The van der Waals surface area contributed by atoms with Gasteiger partial charge >= 0.3 is 0 Å². The molecule has 0 radical (unpaired) electrons. The minimum Gasteiger partial charge on any atom is -0.393 e. The van der Waals surface area contributed by atoms with Crippen LogP contribution in [0.1, 0.15) is 132 Å². The molecule has 0 unspecified atom stereocenters. The van der Waals surface area contributed by atoms with E-state index in [1.165, 1.54) is 70.6 Å². The molecule has 1 N–H and O–H groups in total. The highest BCUT2D eigenvalue weighted by molar-refractivity contribution is 5.30. The first-order valence-electron chi connectivity index (χ1n) is 15.1. The second-order valence-corrected chi connectivity index (χ2v) is 15.6. The van der Waals surface area contributed by atoms with E-state index in [0.29, 0.717) is 21.7 Å². The Labute approximate surface area is 211 Å². The van der Waals surface area contributed by atoms with E-state index in [2.05, 4.69) is 55.4 Å². The maximum absolute atomic E-state index is 10.9. The molecule has 5 aliphatic carbocycles. The van der Waals surface area contributed by atoms with Crippen molar-refractivity contribution in [1.82, 2.24) is 0 Å². The van der Waals surface area contributed by atoms with Crippen molar-refractivity contribution in [3.05, 3.63) is 0 Å². The lowest BCUT2D eigenvalue weighted by Gasteiger charge is -2.63. The predicted molar refractivity (Wildman–Crippen MR) is 142 cm³/mol. The lowest BCUT2D eigenvalue weighted by Crippen LogP contribution is -2.57. The molecule has 2 heteroatoms. The molecule has 2 spiro atoms.